The fourth-order valence-corrected chi connectivity index (χ4v) is 1.70. The molecule has 0 aliphatic rings. The van der Waals surface area contributed by atoms with Gasteiger partial charge >= 0.3 is 6.09 Å². The van der Waals surface area contributed by atoms with Gasteiger partial charge in [-0.3, -0.25) is 0 Å². The van der Waals surface area contributed by atoms with Crippen molar-refractivity contribution in [3.05, 3.63) is 35.9 Å². The molecule has 136 valence electrons. The maximum Gasteiger partial charge on any atom is 0.407 e. The lowest BCUT2D eigenvalue weighted by atomic mass is 10.2. The van der Waals surface area contributed by atoms with Gasteiger partial charge < -0.3 is 21.1 Å². The molecule has 0 aliphatic carbocycles. The predicted molar refractivity (Wildman–Crippen MR) is 102 cm³/mol. The van der Waals surface area contributed by atoms with Crippen LogP contribution in [0.5, 0.6) is 0 Å². The summed E-state index contributed by atoms with van der Waals surface area (Å²) in [5, 5.41) is 6.04. The minimum atomic E-state index is -0.364. The summed E-state index contributed by atoms with van der Waals surface area (Å²) >= 11 is 0. The van der Waals surface area contributed by atoms with Crippen LogP contribution in [0.2, 0.25) is 0 Å². The van der Waals surface area contributed by atoms with Crippen molar-refractivity contribution in [1.82, 2.24) is 10.6 Å². The van der Waals surface area contributed by atoms with Gasteiger partial charge in [0.1, 0.15) is 6.61 Å². The molecule has 0 saturated carbocycles. The van der Waals surface area contributed by atoms with Gasteiger partial charge in [-0.15, -0.1) is 37.2 Å². The number of hydrogen-bond acceptors (Lipinski definition) is 4. The molecule has 0 unspecified atom stereocenters. The Balaban J connectivity index is -0.00000133. The van der Waals surface area contributed by atoms with E-state index in [4.69, 9.17) is 10.5 Å². The van der Waals surface area contributed by atoms with E-state index in [0.717, 1.165) is 44.5 Å². The van der Waals surface area contributed by atoms with Crippen LogP contribution in [0.1, 0.15) is 24.8 Å². The normalized spacial score (nSPS) is 8.91. The van der Waals surface area contributed by atoms with E-state index in [1.807, 2.05) is 30.3 Å². The van der Waals surface area contributed by atoms with Crippen molar-refractivity contribution in [3.63, 3.8) is 0 Å². The lowest BCUT2D eigenvalue weighted by molar-refractivity contribution is 0.139. The third kappa shape index (κ3) is 15.9. The van der Waals surface area contributed by atoms with Gasteiger partial charge in [0.2, 0.25) is 0 Å². The molecule has 0 aromatic heterocycles. The average Bonchev–Trinajstić information content (AvgIpc) is 2.49. The molecule has 1 amide bonds. The Kier molecular flexibility index (Phi) is 22.8. The average molecular weight is 389 g/mol. The monoisotopic (exact) mass is 387 g/mol. The summed E-state index contributed by atoms with van der Waals surface area (Å²) in [6.45, 7) is 3.55. The Labute approximate surface area is 157 Å². The van der Waals surface area contributed by atoms with Gasteiger partial charge in [0.25, 0.3) is 0 Å². The maximum absolute atomic E-state index is 11.4. The number of halogens is 3. The Morgan fingerprint density at radius 3 is 2.26 bits per heavy atom. The quantitative estimate of drug-likeness (QED) is 0.539. The van der Waals surface area contributed by atoms with Gasteiger partial charge in [-0.25, -0.2) is 4.79 Å². The third-order valence-electron chi connectivity index (χ3n) is 2.82. The number of benzene rings is 1. The predicted octanol–water partition coefficient (Wildman–Crippen LogP) is 2.90. The fourth-order valence-electron chi connectivity index (χ4n) is 1.70. The third-order valence-corrected chi connectivity index (χ3v) is 2.82. The molecule has 4 N–H and O–H groups in total. The summed E-state index contributed by atoms with van der Waals surface area (Å²) in [7, 11) is 0. The van der Waals surface area contributed by atoms with E-state index in [1.54, 1.807) is 0 Å². The van der Waals surface area contributed by atoms with E-state index in [9.17, 15) is 4.79 Å². The van der Waals surface area contributed by atoms with Crippen molar-refractivity contribution in [1.29, 1.82) is 0 Å². The van der Waals surface area contributed by atoms with Crippen LogP contribution in [0.4, 0.5) is 4.79 Å². The summed E-state index contributed by atoms with van der Waals surface area (Å²) in [5.41, 5.74) is 6.40. The standard InChI is InChI=1S/C15H25N3O2.3ClH/c16-9-4-5-10-17-11-6-12-18-15(19)20-13-14-7-2-1-3-8-14;;;/h1-3,7-8,17H,4-6,9-13,16H2,(H,18,19);3*1H. The van der Waals surface area contributed by atoms with E-state index in [0.29, 0.717) is 13.2 Å². The number of amides is 1. The molecule has 5 nitrogen and oxygen atoms in total. The van der Waals surface area contributed by atoms with E-state index < -0.39 is 0 Å². The smallest absolute Gasteiger partial charge is 0.407 e. The van der Waals surface area contributed by atoms with E-state index in [-0.39, 0.29) is 43.3 Å². The second kappa shape index (κ2) is 19.3. The molecule has 0 saturated heterocycles. The number of hydrogen-bond donors (Lipinski definition) is 3. The van der Waals surface area contributed by atoms with Crippen LogP contribution in [-0.2, 0) is 11.3 Å². The van der Waals surface area contributed by atoms with Crippen LogP contribution < -0.4 is 16.4 Å². The second-order valence-electron chi connectivity index (χ2n) is 4.59. The van der Waals surface area contributed by atoms with Gasteiger partial charge in [0.05, 0.1) is 0 Å². The van der Waals surface area contributed by atoms with Crippen LogP contribution >= 0.6 is 37.2 Å². The summed E-state index contributed by atoms with van der Waals surface area (Å²) in [4.78, 5) is 11.4. The zero-order valence-electron chi connectivity index (χ0n) is 13.2. The molecule has 0 atom stereocenters. The molecule has 0 aliphatic heterocycles. The molecule has 8 heteroatoms. The summed E-state index contributed by atoms with van der Waals surface area (Å²) in [6.07, 6.45) is 2.68. The van der Waals surface area contributed by atoms with Crippen LogP contribution in [0.15, 0.2) is 30.3 Å². The van der Waals surface area contributed by atoms with Gasteiger partial charge in [-0.2, -0.15) is 0 Å². The number of nitrogens with one attached hydrogen (secondary N) is 2. The topological polar surface area (TPSA) is 76.4 Å². The molecule has 1 aromatic carbocycles. The van der Waals surface area contributed by atoms with Crippen molar-refractivity contribution in [2.75, 3.05) is 26.2 Å². The lowest BCUT2D eigenvalue weighted by Gasteiger charge is -2.07. The molecular formula is C15H28Cl3N3O2. The van der Waals surface area contributed by atoms with Crippen molar-refractivity contribution in [2.24, 2.45) is 5.73 Å². The number of carbonyl (C=O) groups excluding carboxylic acids is 1. The summed E-state index contributed by atoms with van der Waals surface area (Å²) < 4.78 is 5.10. The van der Waals surface area contributed by atoms with Gasteiger partial charge in [-0.05, 0) is 44.5 Å². The SMILES string of the molecule is Cl.Cl.Cl.NCCCCNCCCNC(=O)OCc1ccccc1. The zero-order valence-corrected chi connectivity index (χ0v) is 15.6. The molecule has 0 spiro atoms. The van der Waals surface area contributed by atoms with Crippen LogP contribution in [0.25, 0.3) is 0 Å². The highest BCUT2D eigenvalue weighted by Gasteiger charge is 2.01. The first-order valence-corrected chi connectivity index (χ1v) is 7.18. The molecule has 1 rings (SSSR count). The van der Waals surface area contributed by atoms with Crippen molar-refractivity contribution >= 4 is 43.3 Å². The second-order valence-corrected chi connectivity index (χ2v) is 4.59. The number of ether oxygens (including phenoxy) is 1. The Morgan fingerprint density at radius 1 is 0.957 bits per heavy atom. The lowest BCUT2D eigenvalue weighted by Crippen LogP contribution is -2.28. The number of rotatable bonds is 10. The first kappa shape index (κ1) is 27.1. The number of alkyl carbamates (subject to hydrolysis) is 1. The van der Waals surface area contributed by atoms with Crippen LogP contribution in [0, 0.1) is 0 Å². The van der Waals surface area contributed by atoms with E-state index in [2.05, 4.69) is 10.6 Å². The van der Waals surface area contributed by atoms with Gasteiger partial charge in [-0.1, -0.05) is 30.3 Å². The fraction of sp³-hybridized carbons (Fsp3) is 0.533. The Morgan fingerprint density at radius 2 is 1.61 bits per heavy atom. The van der Waals surface area contributed by atoms with Crippen molar-refractivity contribution < 1.29 is 9.53 Å². The van der Waals surface area contributed by atoms with Crippen LogP contribution in [-0.4, -0.2) is 32.3 Å². The van der Waals surface area contributed by atoms with Crippen molar-refractivity contribution in [2.45, 2.75) is 25.9 Å². The maximum atomic E-state index is 11.4. The highest BCUT2D eigenvalue weighted by molar-refractivity contribution is 5.86. The largest absolute Gasteiger partial charge is 0.445 e. The van der Waals surface area contributed by atoms with Gasteiger partial charge in [0, 0.05) is 6.54 Å². The van der Waals surface area contributed by atoms with E-state index >= 15 is 0 Å². The molecule has 1 aromatic rings. The highest BCUT2D eigenvalue weighted by Crippen LogP contribution is 2.00. The first-order valence-electron chi connectivity index (χ1n) is 7.18. The molecule has 0 fully saturated rings. The number of unbranched alkanes of at least 4 members (excludes halogenated alkanes) is 1. The Bertz CT molecular complexity index is 370. The van der Waals surface area contributed by atoms with Gasteiger partial charge in [0.15, 0.2) is 0 Å². The summed E-state index contributed by atoms with van der Waals surface area (Å²) in [6, 6.07) is 9.64. The Hall–Kier alpha value is -0.720. The minimum Gasteiger partial charge on any atom is -0.445 e. The molecule has 0 bridgehead atoms. The zero-order chi connectivity index (χ0) is 14.5. The molecule has 0 heterocycles. The minimum absolute atomic E-state index is 0. The summed E-state index contributed by atoms with van der Waals surface area (Å²) in [5.74, 6) is 0. The van der Waals surface area contributed by atoms with Crippen LogP contribution in [0.3, 0.4) is 0 Å². The number of carbonyl (C=O) groups is 1. The first-order chi connectivity index (χ1) is 9.83. The van der Waals surface area contributed by atoms with E-state index in [1.165, 1.54) is 0 Å². The number of nitrogens with two attached hydrogens (primary N) is 1. The molecular weight excluding hydrogens is 361 g/mol. The molecule has 0 radical (unpaired) electrons. The molecule has 23 heavy (non-hydrogen) atoms. The highest BCUT2D eigenvalue weighted by atomic mass is 35.5. The van der Waals surface area contributed by atoms with Crippen molar-refractivity contribution in [3.8, 4) is 0 Å².